The molecule has 5 heteroatoms. The number of H-pyrrole nitrogens is 1. The number of anilines is 1. The van der Waals surface area contributed by atoms with Gasteiger partial charge in [0, 0.05) is 18.0 Å². The van der Waals surface area contributed by atoms with E-state index >= 15 is 0 Å². The smallest absolute Gasteiger partial charge is 0.276 e. The van der Waals surface area contributed by atoms with Gasteiger partial charge in [-0.15, -0.1) is 0 Å². The van der Waals surface area contributed by atoms with Gasteiger partial charge in [0.2, 0.25) is 5.43 Å². The minimum atomic E-state index is -0.595. The van der Waals surface area contributed by atoms with Gasteiger partial charge < -0.3 is 15.4 Å². The summed E-state index contributed by atoms with van der Waals surface area (Å²) in [6.07, 6.45) is 1.31. The number of carbonyl (C=O) groups is 1. The van der Waals surface area contributed by atoms with Crippen molar-refractivity contribution in [2.45, 2.75) is 0 Å². The summed E-state index contributed by atoms with van der Waals surface area (Å²) in [5.74, 6) is -1.15. The van der Waals surface area contributed by atoms with Gasteiger partial charge in [0.1, 0.15) is 0 Å². The summed E-state index contributed by atoms with van der Waals surface area (Å²) in [5, 5.41) is 12.0. The number of rotatable bonds is 2. The second-order valence-electron chi connectivity index (χ2n) is 3.39. The predicted octanol–water partition coefficient (Wildman–Crippen LogP) is 1.33. The van der Waals surface area contributed by atoms with E-state index in [9.17, 15) is 14.7 Å². The first-order chi connectivity index (χ1) is 8.18. The van der Waals surface area contributed by atoms with Gasteiger partial charge in [-0.25, -0.2) is 0 Å². The molecule has 0 bridgehead atoms. The largest absolute Gasteiger partial charge is 0.503 e. The van der Waals surface area contributed by atoms with Crippen molar-refractivity contribution in [3.05, 3.63) is 58.5 Å². The van der Waals surface area contributed by atoms with E-state index in [1.54, 1.807) is 24.3 Å². The first-order valence-electron chi connectivity index (χ1n) is 4.95. The van der Waals surface area contributed by atoms with Crippen LogP contribution in [0.15, 0.2) is 47.4 Å². The van der Waals surface area contributed by atoms with Crippen molar-refractivity contribution in [2.75, 3.05) is 5.32 Å². The van der Waals surface area contributed by atoms with Crippen molar-refractivity contribution in [1.29, 1.82) is 0 Å². The molecule has 0 aliphatic heterocycles. The van der Waals surface area contributed by atoms with Gasteiger partial charge in [-0.1, -0.05) is 18.2 Å². The van der Waals surface area contributed by atoms with Crippen LogP contribution in [0.4, 0.5) is 5.69 Å². The zero-order chi connectivity index (χ0) is 12.3. The molecule has 0 atom stereocenters. The van der Waals surface area contributed by atoms with Gasteiger partial charge >= 0.3 is 0 Å². The van der Waals surface area contributed by atoms with E-state index in [2.05, 4.69) is 10.3 Å². The highest BCUT2D eigenvalue weighted by Gasteiger charge is 2.13. The van der Waals surface area contributed by atoms with Crippen LogP contribution in [-0.4, -0.2) is 16.0 Å². The van der Waals surface area contributed by atoms with Gasteiger partial charge in [-0.2, -0.15) is 0 Å². The number of carbonyl (C=O) groups excluding carboxylic acids is 1. The number of pyridine rings is 1. The third-order valence-corrected chi connectivity index (χ3v) is 2.19. The van der Waals surface area contributed by atoms with Crippen molar-refractivity contribution in [3.8, 4) is 5.75 Å². The highest BCUT2D eigenvalue weighted by atomic mass is 16.3. The summed E-state index contributed by atoms with van der Waals surface area (Å²) < 4.78 is 0. The molecular formula is C12H10N2O3. The highest BCUT2D eigenvalue weighted by molar-refractivity contribution is 6.04. The summed E-state index contributed by atoms with van der Waals surface area (Å²) >= 11 is 0. The Balaban J connectivity index is 2.27. The van der Waals surface area contributed by atoms with Crippen LogP contribution >= 0.6 is 0 Å². The van der Waals surface area contributed by atoms with Gasteiger partial charge in [0.15, 0.2) is 11.4 Å². The molecule has 0 saturated carbocycles. The zero-order valence-electron chi connectivity index (χ0n) is 8.81. The monoisotopic (exact) mass is 230 g/mol. The Labute approximate surface area is 96.7 Å². The molecule has 3 N–H and O–H groups in total. The van der Waals surface area contributed by atoms with Gasteiger partial charge in [-0.3, -0.25) is 9.59 Å². The fourth-order valence-corrected chi connectivity index (χ4v) is 1.36. The lowest BCUT2D eigenvalue weighted by molar-refractivity contribution is 0.101. The molecule has 2 rings (SSSR count). The molecule has 1 aromatic heterocycles. The van der Waals surface area contributed by atoms with Crippen molar-refractivity contribution in [3.63, 3.8) is 0 Å². The lowest BCUT2D eigenvalue weighted by Gasteiger charge is -2.05. The van der Waals surface area contributed by atoms with Crippen LogP contribution in [0.25, 0.3) is 0 Å². The second-order valence-corrected chi connectivity index (χ2v) is 3.39. The molecule has 0 spiro atoms. The Morgan fingerprint density at radius 2 is 1.88 bits per heavy atom. The van der Waals surface area contributed by atoms with Gasteiger partial charge in [-0.05, 0) is 12.1 Å². The minimum Gasteiger partial charge on any atom is -0.503 e. The van der Waals surface area contributed by atoms with Gasteiger partial charge in [0.05, 0.1) is 0 Å². The SMILES string of the molecule is O=C(Nc1ccccc1)c1[nH]ccc(=O)c1O. The van der Waals surface area contributed by atoms with Crippen LogP contribution in [0.3, 0.4) is 0 Å². The van der Waals surface area contributed by atoms with Crippen molar-refractivity contribution >= 4 is 11.6 Å². The molecule has 0 aliphatic rings. The Bertz CT molecular complexity index is 590. The number of amides is 1. The summed E-state index contributed by atoms with van der Waals surface area (Å²) in [5.41, 5.74) is -0.162. The number of hydrogen-bond donors (Lipinski definition) is 3. The van der Waals surface area contributed by atoms with E-state index in [0.717, 1.165) is 6.07 Å². The number of para-hydroxylation sites is 1. The van der Waals surface area contributed by atoms with Gasteiger partial charge in [0.25, 0.3) is 5.91 Å². The zero-order valence-corrected chi connectivity index (χ0v) is 8.81. The van der Waals surface area contributed by atoms with E-state index in [1.807, 2.05) is 6.07 Å². The summed E-state index contributed by atoms with van der Waals surface area (Å²) in [7, 11) is 0. The highest BCUT2D eigenvalue weighted by Crippen LogP contribution is 2.11. The summed E-state index contributed by atoms with van der Waals surface area (Å²) in [4.78, 5) is 25.4. The minimum absolute atomic E-state index is 0.152. The van der Waals surface area contributed by atoms with Crippen LogP contribution < -0.4 is 10.7 Å². The maximum Gasteiger partial charge on any atom is 0.276 e. The topological polar surface area (TPSA) is 82.2 Å². The molecule has 2 aromatic rings. The first-order valence-corrected chi connectivity index (χ1v) is 4.95. The van der Waals surface area contributed by atoms with Crippen LogP contribution in [0.2, 0.25) is 0 Å². The van der Waals surface area contributed by atoms with Crippen molar-refractivity contribution in [2.24, 2.45) is 0 Å². The second kappa shape index (κ2) is 4.52. The Hall–Kier alpha value is -2.56. The van der Waals surface area contributed by atoms with E-state index in [1.165, 1.54) is 6.20 Å². The lowest BCUT2D eigenvalue weighted by Crippen LogP contribution is -2.16. The quantitative estimate of drug-likeness (QED) is 0.727. The van der Waals surface area contributed by atoms with Crippen molar-refractivity contribution in [1.82, 2.24) is 4.98 Å². The predicted molar refractivity (Wildman–Crippen MR) is 63.1 cm³/mol. The Morgan fingerprint density at radius 3 is 2.59 bits per heavy atom. The molecule has 5 nitrogen and oxygen atoms in total. The summed E-state index contributed by atoms with van der Waals surface area (Å²) in [6, 6.07) is 9.91. The molecule has 0 fully saturated rings. The van der Waals surface area contributed by atoms with Crippen LogP contribution in [0, 0.1) is 0 Å². The average molecular weight is 230 g/mol. The van der Waals surface area contributed by atoms with Crippen LogP contribution in [-0.2, 0) is 0 Å². The van der Waals surface area contributed by atoms with E-state index in [0.29, 0.717) is 5.69 Å². The first kappa shape index (κ1) is 10.9. The number of benzene rings is 1. The van der Waals surface area contributed by atoms with Crippen LogP contribution in [0.5, 0.6) is 5.75 Å². The Morgan fingerprint density at radius 1 is 1.18 bits per heavy atom. The molecule has 1 heterocycles. The van der Waals surface area contributed by atoms with Crippen molar-refractivity contribution < 1.29 is 9.90 Å². The number of nitrogens with one attached hydrogen (secondary N) is 2. The number of hydrogen-bond acceptors (Lipinski definition) is 3. The standard InChI is InChI=1S/C12H10N2O3/c15-9-6-7-13-10(11(9)16)12(17)14-8-4-2-1-3-5-8/h1-7,16H,(H,13,15)(H,14,17). The molecule has 0 saturated heterocycles. The lowest BCUT2D eigenvalue weighted by atomic mass is 10.2. The molecule has 0 aliphatic carbocycles. The Kier molecular flexibility index (Phi) is 2.91. The summed E-state index contributed by atoms with van der Waals surface area (Å²) in [6.45, 7) is 0. The molecule has 86 valence electrons. The van der Waals surface area contributed by atoms with E-state index in [-0.39, 0.29) is 5.69 Å². The molecule has 1 aromatic carbocycles. The molecular weight excluding hydrogens is 220 g/mol. The number of aromatic hydroxyl groups is 1. The maximum absolute atomic E-state index is 11.7. The fourth-order valence-electron chi connectivity index (χ4n) is 1.36. The third-order valence-electron chi connectivity index (χ3n) is 2.19. The average Bonchev–Trinajstić information content (AvgIpc) is 2.34. The normalized spacial score (nSPS) is 9.88. The fraction of sp³-hybridized carbons (Fsp3) is 0. The van der Waals surface area contributed by atoms with Crippen LogP contribution in [0.1, 0.15) is 10.5 Å². The van der Waals surface area contributed by atoms with E-state index in [4.69, 9.17) is 0 Å². The molecule has 0 unspecified atom stereocenters. The molecule has 0 radical (unpaired) electrons. The molecule has 17 heavy (non-hydrogen) atoms. The molecule has 1 amide bonds. The number of aromatic amines is 1. The maximum atomic E-state index is 11.7. The van der Waals surface area contributed by atoms with E-state index < -0.39 is 17.1 Å². The third kappa shape index (κ3) is 2.34. The number of aromatic nitrogens is 1.